The number of likely N-dealkylation sites (tertiary alicyclic amines) is 1. The topological polar surface area (TPSA) is 68.2 Å². The van der Waals surface area contributed by atoms with Gasteiger partial charge in [0.2, 0.25) is 11.7 Å². The number of nitrogens with two attached hydrogens (primary N) is 1. The molecule has 0 amide bonds. The monoisotopic (exact) mass is 304 g/mol. The summed E-state index contributed by atoms with van der Waals surface area (Å²) < 4.78 is 18.3. The molecule has 2 N–H and O–H groups in total. The maximum Gasteiger partial charge on any atom is 0.241 e. The third-order valence-electron chi connectivity index (χ3n) is 4.28. The number of hydrogen-bond donors (Lipinski definition) is 1. The van der Waals surface area contributed by atoms with Crippen molar-refractivity contribution in [1.29, 1.82) is 0 Å². The SMILES string of the molecule is CC1CCN(Cc2nc(-c3ccc(F)cc3)no2)C(CN)C1. The lowest BCUT2D eigenvalue weighted by atomic mass is 9.92. The van der Waals surface area contributed by atoms with Gasteiger partial charge in [0.1, 0.15) is 5.82 Å². The normalized spacial score (nSPS) is 22.9. The summed E-state index contributed by atoms with van der Waals surface area (Å²) in [5.41, 5.74) is 6.63. The van der Waals surface area contributed by atoms with E-state index in [1.807, 2.05) is 0 Å². The van der Waals surface area contributed by atoms with Crippen molar-refractivity contribution < 1.29 is 8.91 Å². The third kappa shape index (κ3) is 3.34. The Morgan fingerprint density at radius 2 is 2.14 bits per heavy atom. The molecule has 0 spiro atoms. The number of benzene rings is 1. The molecule has 0 radical (unpaired) electrons. The number of rotatable bonds is 4. The van der Waals surface area contributed by atoms with Crippen molar-refractivity contribution in [2.75, 3.05) is 13.1 Å². The Morgan fingerprint density at radius 1 is 1.36 bits per heavy atom. The summed E-state index contributed by atoms with van der Waals surface area (Å²) in [5, 5.41) is 3.98. The van der Waals surface area contributed by atoms with Crippen LogP contribution >= 0.6 is 0 Å². The molecule has 3 rings (SSSR count). The van der Waals surface area contributed by atoms with Crippen molar-refractivity contribution in [2.45, 2.75) is 32.4 Å². The molecule has 1 aromatic heterocycles. The first-order chi connectivity index (χ1) is 10.7. The molecule has 1 fully saturated rings. The first kappa shape index (κ1) is 15.1. The minimum absolute atomic E-state index is 0.277. The summed E-state index contributed by atoms with van der Waals surface area (Å²) in [6.07, 6.45) is 2.27. The second kappa shape index (κ2) is 6.54. The van der Waals surface area contributed by atoms with Gasteiger partial charge in [-0.05, 0) is 49.6 Å². The van der Waals surface area contributed by atoms with Crippen LogP contribution in [-0.2, 0) is 6.54 Å². The van der Waals surface area contributed by atoms with E-state index in [0.29, 0.717) is 36.8 Å². The van der Waals surface area contributed by atoms with Crippen LogP contribution < -0.4 is 5.73 Å². The maximum absolute atomic E-state index is 12.9. The quantitative estimate of drug-likeness (QED) is 0.939. The smallest absolute Gasteiger partial charge is 0.241 e. The fourth-order valence-electron chi connectivity index (χ4n) is 2.96. The lowest BCUT2D eigenvalue weighted by Crippen LogP contribution is -2.45. The van der Waals surface area contributed by atoms with Crippen molar-refractivity contribution in [3.05, 3.63) is 36.0 Å². The van der Waals surface area contributed by atoms with Gasteiger partial charge in [0, 0.05) is 18.2 Å². The molecular formula is C16H21FN4O. The highest BCUT2D eigenvalue weighted by Gasteiger charge is 2.26. The van der Waals surface area contributed by atoms with Gasteiger partial charge in [0.25, 0.3) is 0 Å². The molecule has 0 aliphatic carbocycles. The first-order valence-corrected chi connectivity index (χ1v) is 7.68. The molecule has 2 heterocycles. The van der Waals surface area contributed by atoms with Crippen LogP contribution in [0.5, 0.6) is 0 Å². The number of aromatic nitrogens is 2. The van der Waals surface area contributed by atoms with Gasteiger partial charge >= 0.3 is 0 Å². The molecule has 2 aromatic rings. The van der Waals surface area contributed by atoms with Crippen molar-refractivity contribution >= 4 is 0 Å². The molecule has 5 nitrogen and oxygen atoms in total. The summed E-state index contributed by atoms with van der Waals surface area (Å²) in [4.78, 5) is 6.72. The number of halogens is 1. The van der Waals surface area contributed by atoms with Gasteiger partial charge < -0.3 is 10.3 Å². The fourth-order valence-corrected chi connectivity index (χ4v) is 2.96. The predicted octanol–water partition coefficient (Wildman–Crippen LogP) is 2.43. The van der Waals surface area contributed by atoms with Crippen molar-refractivity contribution in [3.63, 3.8) is 0 Å². The van der Waals surface area contributed by atoms with Crippen LogP contribution in [0.3, 0.4) is 0 Å². The summed E-state index contributed by atoms with van der Waals surface area (Å²) in [6, 6.07) is 6.44. The number of nitrogens with zero attached hydrogens (tertiary/aromatic N) is 3. The molecule has 0 bridgehead atoms. The molecule has 1 saturated heterocycles. The van der Waals surface area contributed by atoms with E-state index in [9.17, 15) is 4.39 Å². The standard InChI is InChI=1S/C16H21FN4O/c1-11-6-7-21(14(8-11)9-18)10-15-19-16(20-22-15)12-2-4-13(17)5-3-12/h2-5,11,14H,6-10,18H2,1H3. The Bertz CT molecular complexity index is 613. The highest BCUT2D eigenvalue weighted by Crippen LogP contribution is 2.24. The van der Waals surface area contributed by atoms with Crippen molar-refractivity contribution in [1.82, 2.24) is 15.0 Å². The van der Waals surface area contributed by atoms with Crippen LogP contribution in [0.25, 0.3) is 11.4 Å². The average molecular weight is 304 g/mol. The van der Waals surface area contributed by atoms with E-state index in [2.05, 4.69) is 22.0 Å². The zero-order valence-corrected chi connectivity index (χ0v) is 12.7. The molecule has 1 aliphatic heterocycles. The fraction of sp³-hybridized carbons (Fsp3) is 0.500. The Morgan fingerprint density at radius 3 is 2.86 bits per heavy atom. The van der Waals surface area contributed by atoms with E-state index in [4.69, 9.17) is 10.3 Å². The van der Waals surface area contributed by atoms with E-state index in [1.165, 1.54) is 12.1 Å². The van der Waals surface area contributed by atoms with E-state index >= 15 is 0 Å². The summed E-state index contributed by atoms with van der Waals surface area (Å²) in [7, 11) is 0. The van der Waals surface area contributed by atoms with E-state index < -0.39 is 0 Å². The van der Waals surface area contributed by atoms with E-state index in [-0.39, 0.29) is 5.82 Å². The molecule has 2 unspecified atom stereocenters. The van der Waals surface area contributed by atoms with E-state index in [1.54, 1.807) is 12.1 Å². The molecule has 6 heteroatoms. The van der Waals surface area contributed by atoms with Gasteiger partial charge in [-0.3, -0.25) is 4.90 Å². The van der Waals surface area contributed by atoms with Crippen LogP contribution in [0, 0.1) is 11.7 Å². The summed E-state index contributed by atoms with van der Waals surface area (Å²) in [6.45, 7) is 4.52. The molecule has 22 heavy (non-hydrogen) atoms. The van der Waals surface area contributed by atoms with Crippen molar-refractivity contribution in [3.8, 4) is 11.4 Å². The van der Waals surface area contributed by atoms with Crippen LogP contribution in [0.15, 0.2) is 28.8 Å². The largest absolute Gasteiger partial charge is 0.338 e. The van der Waals surface area contributed by atoms with Crippen LogP contribution in [-0.4, -0.2) is 34.2 Å². The molecular weight excluding hydrogens is 283 g/mol. The van der Waals surface area contributed by atoms with Gasteiger partial charge in [0.15, 0.2) is 0 Å². The molecule has 2 atom stereocenters. The van der Waals surface area contributed by atoms with Gasteiger partial charge in [-0.1, -0.05) is 12.1 Å². The molecule has 118 valence electrons. The highest BCUT2D eigenvalue weighted by atomic mass is 19.1. The van der Waals surface area contributed by atoms with Crippen LogP contribution in [0.1, 0.15) is 25.7 Å². The average Bonchev–Trinajstić information content (AvgIpc) is 2.98. The lowest BCUT2D eigenvalue weighted by Gasteiger charge is -2.36. The van der Waals surface area contributed by atoms with Gasteiger partial charge in [-0.2, -0.15) is 4.98 Å². The molecule has 0 saturated carbocycles. The zero-order chi connectivity index (χ0) is 15.5. The number of hydrogen-bond acceptors (Lipinski definition) is 5. The van der Waals surface area contributed by atoms with Crippen LogP contribution in [0.4, 0.5) is 4.39 Å². The second-order valence-corrected chi connectivity index (χ2v) is 6.01. The Kier molecular flexibility index (Phi) is 4.49. The molecule has 1 aliphatic rings. The Hall–Kier alpha value is -1.79. The Balaban J connectivity index is 1.70. The second-order valence-electron chi connectivity index (χ2n) is 6.01. The van der Waals surface area contributed by atoms with Crippen LogP contribution in [0.2, 0.25) is 0 Å². The minimum atomic E-state index is -0.277. The summed E-state index contributed by atoms with van der Waals surface area (Å²) in [5.74, 6) is 1.50. The third-order valence-corrected chi connectivity index (χ3v) is 4.28. The summed E-state index contributed by atoms with van der Waals surface area (Å²) >= 11 is 0. The zero-order valence-electron chi connectivity index (χ0n) is 12.7. The lowest BCUT2D eigenvalue weighted by molar-refractivity contribution is 0.102. The number of piperidine rings is 1. The van der Waals surface area contributed by atoms with Gasteiger partial charge in [0.05, 0.1) is 6.54 Å². The highest BCUT2D eigenvalue weighted by molar-refractivity contribution is 5.53. The Labute approximate surface area is 129 Å². The van der Waals surface area contributed by atoms with Crippen molar-refractivity contribution in [2.24, 2.45) is 11.7 Å². The molecule has 1 aromatic carbocycles. The van der Waals surface area contributed by atoms with Gasteiger partial charge in [-0.15, -0.1) is 0 Å². The van der Waals surface area contributed by atoms with E-state index in [0.717, 1.165) is 24.9 Å². The minimum Gasteiger partial charge on any atom is -0.338 e. The maximum atomic E-state index is 12.9. The first-order valence-electron chi connectivity index (χ1n) is 7.68. The van der Waals surface area contributed by atoms with Gasteiger partial charge in [-0.25, -0.2) is 4.39 Å². The predicted molar refractivity (Wildman–Crippen MR) is 81.3 cm³/mol.